The Morgan fingerprint density at radius 1 is 1.28 bits per heavy atom. The molecule has 0 spiro atoms. The van der Waals surface area contributed by atoms with E-state index < -0.39 is 0 Å². The van der Waals surface area contributed by atoms with Gasteiger partial charge in [-0.25, -0.2) is 9.98 Å². The van der Waals surface area contributed by atoms with Gasteiger partial charge in [0, 0.05) is 45.6 Å². The molecule has 0 aliphatic carbocycles. The van der Waals surface area contributed by atoms with E-state index in [1.807, 2.05) is 25.1 Å². The van der Waals surface area contributed by atoms with Gasteiger partial charge in [0.05, 0.1) is 6.54 Å². The van der Waals surface area contributed by atoms with Crippen molar-refractivity contribution in [2.45, 2.75) is 39.7 Å². The van der Waals surface area contributed by atoms with Crippen LogP contribution in [0.4, 0.5) is 5.82 Å². The summed E-state index contributed by atoms with van der Waals surface area (Å²) < 4.78 is 0. The third kappa shape index (κ3) is 9.25. The molecule has 0 aliphatic heterocycles. The zero-order valence-electron chi connectivity index (χ0n) is 16.0. The lowest BCUT2D eigenvalue weighted by molar-refractivity contribution is 0.251. The summed E-state index contributed by atoms with van der Waals surface area (Å²) in [6.45, 7) is 6.70. The number of nitrogens with zero attached hydrogens (tertiary/aromatic N) is 3. The zero-order chi connectivity index (χ0) is 17.8. The van der Waals surface area contributed by atoms with Crippen LogP contribution in [0.3, 0.4) is 0 Å². The summed E-state index contributed by atoms with van der Waals surface area (Å²) in [5, 5.41) is 15.9. The van der Waals surface area contributed by atoms with E-state index >= 15 is 0 Å². The number of aliphatic imine (C=N–C) groups is 1. The fourth-order valence-electron chi connectivity index (χ4n) is 2.64. The normalized spacial score (nSPS) is 12.3. The first-order chi connectivity index (χ1) is 11.6. The molecule has 1 atom stereocenters. The summed E-state index contributed by atoms with van der Waals surface area (Å²) in [6, 6.07) is 4.00. The summed E-state index contributed by atoms with van der Waals surface area (Å²) in [5.41, 5.74) is 1.10. The average Bonchev–Trinajstić information content (AvgIpc) is 2.57. The molecule has 0 fully saturated rings. The van der Waals surface area contributed by atoms with Gasteiger partial charge in [-0.3, -0.25) is 0 Å². The number of guanidine groups is 1. The maximum absolute atomic E-state index is 9.18. The van der Waals surface area contributed by atoms with Crippen LogP contribution in [0, 0.1) is 5.92 Å². The molecular weight excluding hydrogens is 429 g/mol. The Kier molecular flexibility index (Phi) is 13.5. The quantitative estimate of drug-likeness (QED) is 0.283. The summed E-state index contributed by atoms with van der Waals surface area (Å²) in [5.74, 6) is 2.23. The smallest absolute Gasteiger partial charge is 0.191 e. The second-order valence-electron chi connectivity index (χ2n) is 6.12. The second-order valence-corrected chi connectivity index (χ2v) is 6.12. The van der Waals surface area contributed by atoms with Crippen molar-refractivity contribution in [3.63, 3.8) is 0 Å². The minimum absolute atomic E-state index is 0. The predicted octanol–water partition coefficient (Wildman–Crippen LogP) is 2.62. The highest BCUT2D eigenvalue weighted by Crippen LogP contribution is 2.15. The van der Waals surface area contributed by atoms with Crippen LogP contribution in [-0.2, 0) is 6.54 Å². The van der Waals surface area contributed by atoms with Crippen molar-refractivity contribution in [2.75, 3.05) is 38.7 Å². The van der Waals surface area contributed by atoms with Crippen LogP contribution in [0.5, 0.6) is 0 Å². The average molecular weight is 463 g/mol. The van der Waals surface area contributed by atoms with Gasteiger partial charge in [-0.2, -0.15) is 0 Å². The van der Waals surface area contributed by atoms with Gasteiger partial charge >= 0.3 is 0 Å². The Bertz CT molecular complexity index is 490. The third-order valence-electron chi connectivity index (χ3n) is 3.84. The molecule has 144 valence electrons. The number of anilines is 1. The van der Waals surface area contributed by atoms with Crippen LogP contribution in [0.25, 0.3) is 0 Å². The van der Waals surface area contributed by atoms with Crippen LogP contribution in [0.15, 0.2) is 23.3 Å². The number of aliphatic hydroxyl groups is 1. The van der Waals surface area contributed by atoms with Crippen molar-refractivity contribution in [3.05, 3.63) is 23.9 Å². The van der Waals surface area contributed by atoms with E-state index in [-0.39, 0.29) is 30.6 Å². The number of aliphatic hydroxyl groups excluding tert-OH is 1. The molecule has 0 saturated carbocycles. The highest BCUT2D eigenvalue weighted by Gasteiger charge is 2.09. The predicted molar refractivity (Wildman–Crippen MR) is 117 cm³/mol. The highest BCUT2D eigenvalue weighted by molar-refractivity contribution is 14.0. The molecule has 7 heteroatoms. The van der Waals surface area contributed by atoms with Gasteiger partial charge in [0.2, 0.25) is 0 Å². The van der Waals surface area contributed by atoms with Crippen LogP contribution >= 0.6 is 24.0 Å². The molecule has 25 heavy (non-hydrogen) atoms. The van der Waals surface area contributed by atoms with Crippen LogP contribution < -0.4 is 15.5 Å². The molecule has 0 bridgehead atoms. The molecular formula is C18H34IN5O. The van der Waals surface area contributed by atoms with E-state index in [0.29, 0.717) is 12.5 Å². The summed E-state index contributed by atoms with van der Waals surface area (Å²) in [6.07, 6.45) is 4.87. The standard InChI is InChI=1S/C18H33N5O.HI/c1-5-8-15(10-12-24)13-21-18(19-6-2)22-14-16-9-7-11-20-17(16)23(3)4;/h7,9,11,15,24H,5-6,8,10,12-14H2,1-4H3,(H2,19,21,22);1H. The minimum atomic E-state index is 0. The summed E-state index contributed by atoms with van der Waals surface area (Å²) in [7, 11) is 3.98. The zero-order valence-corrected chi connectivity index (χ0v) is 18.3. The molecule has 0 radical (unpaired) electrons. The Morgan fingerprint density at radius 2 is 2.04 bits per heavy atom. The number of pyridine rings is 1. The number of hydrogen-bond donors (Lipinski definition) is 3. The molecule has 0 aromatic carbocycles. The van der Waals surface area contributed by atoms with E-state index in [4.69, 9.17) is 0 Å². The van der Waals surface area contributed by atoms with E-state index in [9.17, 15) is 5.11 Å². The van der Waals surface area contributed by atoms with Gasteiger partial charge < -0.3 is 20.6 Å². The molecule has 1 unspecified atom stereocenters. The van der Waals surface area contributed by atoms with Crippen molar-refractivity contribution >= 4 is 35.8 Å². The molecule has 1 aromatic rings. The number of rotatable bonds is 10. The Balaban J connectivity index is 0.00000576. The topological polar surface area (TPSA) is 72.8 Å². The summed E-state index contributed by atoms with van der Waals surface area (Å²) in [4.78, 5) is 11.1. The molecule has 3 N–H and O–H groups in total. The maximum atomic E-state index is 9.18. The van der Waals surface area contributed by atoms with Gasteiger partial charge in [0.1, 0.15) is 5.82 Å². The lowest BCUT2D eigenvalue weighted by atomic mass is 10.0. The van der Waals surface area contributed by atoms with Crippen molar-refractivity contribution < 1.29 is 5.11 Å². The Morgan fingerprint density at radius 3 is 2.64 bits per heavy atom. The van der Waals surface area contributed by atoms with Crippen molar-refractivity contribution in [2.24, 2.45) is 10.9 Å². The Labute approximate surface area is 169 Å². The Hall–Kier alpha value is -1.09. The van der Waals surface area contributed by atoms with Crippen LogP contribution in [0.1, 0.15) is 38.7 Å². The third-order valence-corrected chi connectivity index (χ3v) is 3.84. The largest absolute Gasteiger partial charge is 0.396 e. The van der Waals surface area contributed by atoms with Crippen LogP contribution in [-0.4, -0.2) is 49.8 Å². The number of aromatic nitrogens is 1. The van der Waals surface area contributed by atoms with Crippen molar-refractivity contribution in [1.29, 1.82) is 0 Å². The first-order valence-electron chi connectivity index (χ1n) is 8.86. The lowest BCUT2D eigenvalue weighted by Crippen LogP contribution is -2.40. The van der Waals surface area contributed by atoms with Gasteiger partial charge in [-0.05, 0) is 31.7 Å². The molecule has 1 rings (SSSR count). The first-order valence-corrected chi connectivity index (χ1v) is 8.86. The van der Waals surface area contributed by atoms with E-state index in [0.717, 1.165) is 49.7 Å². The second kappa shape index (κ2) is 14.1. The van der Waals surface area contributed by atoms with E-state index in [2.05, 4.69) is 40.5 Å². The lowest BCUT2D eigenvalue weighted by Gasteiger charge is -2.19. The van der Waals surface area contributed by atoms with Gasteiger partial charge in [0.25, 0.3) is 0 Å². The van der Waals surface area contributed by atoms with Crippen molar-refractivity contribution in [1.82, 2.24) is 15.6 Å². The maximum Gasteiger partial charge on any atom is 0.191 e. The highest BCUT2D eigenvalue weighted by atomic mass is 127. The number of nitrogens with one attached hydrogen (secondary N) is 2. The van der Waals surface area contributed by atoms with Gasteiger partial charge in [0.15, 0.2) is 5.96 Å². The number of hydrogen-bond acceptors (Lipinski definition) is 4. The fourth-order valence-corrected chi connectivity index (χ4v) is 2.64. The molecule has 1 heterocycles. The molecule has 0 saturated heterocycles. The van der Waals surface area contributed by atoms with E-state index in [1.165, 1.54) is 0 Å². The first kappa shape index (κ1) is 23.9. The monoisotopic (exact) mass is 463 g/mol. The molecule has 6 nitrogen and oxygen atoms in total. The fraction of sp³-hybridized carbons (Fsp3) is 0.667. The van der Waals surface area contributed by atoms with Gasteiger partial charge in [-0.1, -0.05) is 19.4 Å². The van der Waals surface area contributed by atoms with Crippen molar-refractivity contribution in [3.8, 4) is 0 Å². The molecule has 0 amide bonds. The van der Waals surface area contributed by atoms with E-state index in [1.54, 1.807) is 6.20 Å². The minimum Gasteiger partial charge on any atom is -0.396 e. The SMILES string of the molecule is CCCC(CCO)CNC(=NCc1cccnc1N(C)C)NCC.I. The van der Waals surface area contributed by atoms with Crippen LogP contribution in [0.2, 0.25) is 0 Å². The molecule has 0 aliphatic rings. The van der Waals surface area contributed by atoms with Gasteiger partial charge in [-0.15, -0.1) is 24.0 Å². The summed E-state index contributed by atoms with van der Waals surface area (Å²) >= 11 is 0. The number of halogens is 1. The molecule has 1 aromatic heterocycles.